The number of carbonyl (C=O) groups excluding carboxylic acids is 1. The van der Waals surface area contributed by atoms with Gasteiger partial charge in [-0.2, -0.15) is 0 Å². The first-order valence-corrected chi connectivity index (χ1v) is 18.3. The molecule has 1 heterocycles. The van der Waals surface area contributed by atoms with Crippen molar-refractivity contribution in [1.82, 2.24) is 4.90 Å². The highest BCUT2D eigenvalue weighted by molar-refractivity contribution is 6.99. The Labute approximate surface area is 279 Å². The van der Waals surface area contributed by atoms with E-state index in [1.807, 2.05) is 47.4 Å². The molecule has 0 aliphatic carbocycles. The summed E-state index contributed by atoms with van der Waals surface area (Å²) < 4.78 is 13.1. The van der Waals surface area contributed by atoms with Crippen LogP contribution in [0.15, 0.2) is 109 Å². The van der Waals surface area contributed by atoms with Gasteiger partial charge in [-0.25, -0.2) is 0 Å². The molecular weight excluding hydrogens is 617 g/mol. The number of ether oxygens (including phenoxy) is 1. The van der Waals surface area contributed by atoms with Crippen molar-refractivity contribution in [3.63, 3.8) is 0 Å². The second-order valence-electron chi connectivity index (χ2n) is 13.0. The van der Waals surface area contributed by atoms with E-state index < -0.39 is 14.4 Å². The van der Waals surface area contributed by atoms with Crippen molar-refractivity contribution < 1.29 is 14.0 Å². The Morgan fingerprint density at radius 3 is 1.96 bits per heavy atom. The molecular formula is C38H43Cl2NO3Si. The Morgan fingerprint density at radius 2 is 1.42 bits per heavy atom. The lowest BCUT2D eigenvalue weighted by Gasteiger charge is -2.48. The first-order valence-electron chi connectivity index (χ1n) is 15.7. The van der Waals surface area contributed by atoms with Crippen LogP contribution >= 0.6 is 23.2 Å². The zero-order valence-electron chi connectivity index (χ0n) is 26.8. The third-order valence-electron chi connectivity index (χ3n) is 9.20. The predicted octanol–water partition coefficient (Wildman–Crippen LogP) is 8.42. The molecule has 236 valence electrons. The van der Waals surface area contributed by atoms with Crippen LogP contribution in [0.3, 0.4) is 0 Å². The largest absolute Gasteiger partial charge is 0.407 e. The molecule has 1 aliphatic heterocycles. The minimum atomic E-state index is -2.72. The molecule has 0 aromatic heterocycles. The summed E-state index contributed by atoms with van der Waals surface area (Å²) in [5.74, 6) is -0.0266. The second kappa shape index (κ2) is 14.2. The molecule has 1 fully saturated rings. The van der Waals surface area contributed by atoms with Gasteiger partial charge in [0.25, 0.3) is 14.2 Å². The zero-order chi connectivity index (χ0) is 32.2. The predicted molar refractivity (Wildman–Crippen MR) is 188 cm³/mol. The normalized spacial score (nSPS) is 19.8. The molecule has 5 rings (SSSR count). The zero-order valence-corrected chi connectivity index (χ0v) is 29.3. The number of rotatable bonds is 10. The topological polar surface area (TPSA) is 38.8 Å². The summed E-state index contributed by atoms with van der Waals surface area (Å²) in [7, 11) is -1.10. The summed E-state index contributed by atoms with van der Waals surface area (Å²) in [6.45, 7) is 9.48. The summed E-state index contributed by atoms with van der Waals surface area (Å²) in [5, 5.41) is 3.68. The van der Waals surface area contributed by atoms with Gasteiger partial charge in [-0.3, -0.25) is 4.79 Å². The van der Waals surface area contributed by atoms with Crippen molar-refractivity contribution in [3.8, 4) is 0 Å². The van der Waals surface area contributed by atoms with Crippen LogP contribution in [-0.2, 0) is 14.0 Å². The van der Waals surface area contributed by atoms with Crippen LogP contribution in [0, 0.1) is 0 Å². The van der Waals surface area contributed by atoms with E-state index in [1.54, 1.807) is 7.11 Å². The van der Waals surface area contributed by atoms with Crippen molar-refractivity contribution in [3.05, 3.63) is 130 Å². The Morgan fingerprint density at radius 1 is 0.822 bits per heavy atom. The van der Waals surface area contributed by atoms with Gasteiger partial charge in [0.2, 0.25) is 0 Å². The third-order valence-corrected chi connectivity index (χ3v) is 14.7. The van der Waals surface area contributed by atoms with Crippen molar-refractivity contribution in [1.29, 1.82) is 0 Å². The monoisotopic (exact) mass is 659 g/mol. The second-order valence-corrected chi connectivity index (χ2v) is 18.2. The smallest absolute Gasteiger partial charge is 0.261 e. The van der Waals surface area contributed by atoms with Gasteiger partial charge in [-0.15, -0.1) is 0 Å². The van der Waals surface area contributed by atoms with Crippen LogP contribution in [0.2, 0.25) is 15.1 Å². The number of likely N-dealkylation sites (tertiary alicyclic amines) is 1. The molecule has 4 nitrogen and oxygen atoms in total. The van der Waals surface area contributed by atoms with Crippen LogP contribution in [0.5, 0.6) is 0 Å². The van der Waals surface area contributed by atoms with Gasteiger partial charge in [-0.05, 0) is 70.6 Å². The fourth-order valence-corrected chi connectivity index (χ4v) is 11.9. The number of halogens is 2. The summed E-state index contributed by atoms with van der Waals surface area (Å²) in [6.07, 6.45) is 0.668. The molecule has 0 spiro atoms. The highest BCUT2D eigenvalue weighted by Crippen LogP contribution is 2.46. The lowest BCUT2D eigenvalue weighted by molar-refractivity contribution is -0.154. The fourth-order valence-electron chi connectivity index (χ4n) is 7.04. The molecule has 0 saturated carbocycles. The molecule has 4 aromatic carbocycles. The molecule has 1 saturated heterocycles. The summed E-state index contributed by atoms with van der Waals surface area (Å²) in [4.78, 5) is 16.2. The average Bonchev–Trinajstić information content (AvgIpc) is 3.03. The van der Waals surface area contributed by atoms with Gasteiger partial charge < -0.3 is 14.1 Å². The van der Waals surface area contributed by atoms with Gasteiger partial charge in [0.1, 0.15) is 6.10 Å². The van der Waals surface area contributed by atoms with E-state index in [0.717, 1.165) is 11.1 Å². The minimum absolute atomic E-state index is 0.00586. The first-order chi connectivity index (χ1) is 21.6. The van der Waals surface area contributed by atoms with E-state index >= 15 is 0 Å². The van der Waals surface area contributed by atoms with Gasteiger partial charge >= 0.3 is 0 Å². The molecule has 4 atom stereocenters. The Bertz CT molecular complexity index is 1520. The van der Waals surface area contributed by atoms with Crippen molar-refractivity contribution >= 4 is 47.8 Å². The van der Waals surface area contributed by atoms with Crippen LogP contribution in [0.4, 0.5) is 0 Å². The maximum atomic E-state index is 14.2. The molecule has 1 aliphatic rings. The summed E-state index contributed by atoms with van der Waals surface area (Å²) in [5.41, 5.74) is 2.12. The van der Waals surface area contributed by atoms with Crippen molar-refractivity contribution in [2.45, 2.75) is 69.7 Å². The molecule has 0 N–H and O–H groups in total. The van der Waals surface area contributed by atoms with Crippen LogP contribution < -0.4 is 10.4 Å². The van der Waals surface area contributed by atoms with Crippen LogP contribution in [-0.4, -0.2) is 45.0 Å². The average molecular weight is 661 g/mol. The van der Waals surface area contributed by atoms with Crippen LogP contribution in [0.25, 0.3) is 0 Å². The fraction of sp³-hybridized carbons (Fsp3) is 0.342. The number of benzene rings is 4. The standard InChI is InChI=1S/C38H43Cl2NO3Si/c1-27(23-24-44-45(38(2,3)4,32-15-8-6-9-16-32)33-17-10-7-11-18-33)41-36(28-19-21-30(39)22-20-28)34(26-35(43-5)37(41)42)29-13-12-14-31(40)25-29/h6-22,25,27,34-36H,23-24,26H2,1-5H3/t27-,34?,35?,36?/m1/s1. The number of hydrogen-bond donors (Lipinski definition) is 0. The Balaban J connectivity index is 1.51. The molecule has 0 bridgehead atoms. The number of methoxy groups -OCH3 is 1. The first kappa shape index (κ1) is 33.4. The van der Waals surface area contributed by atoms with E-state index in [2.05, 4.69) is 94.4 Å². The maximum absolute atomic E-state index is 14.2. The SMILES string of the molecule is COC1CC(c2cccc(Cl)c2)C(c2ccc(Cl)cc2)N([C@H](C)CCO[Si](c2ccccc2)(c2ccccc2)C(C)(C)C)C1=O. The van der Waals surface area contributed by atoms with Gasteiger partial charge in [0, 0.05) is 35.7 Å². The number of amides is 1. The quantitative estimate of drug-likeness (QED) is 0.160. The Kier molecular flexibility index (Phi) is 10.6. The third kappa shape index (κ3) is 6.94. The van der Waals surface area contributed by atoms with E-state index in [4.69, 9.17) is 32.4 Å². The molecule has 45 heavy (non-hydrogen) atoms. The van der Waals surface area contributed by atoms with E-state index in [0.29, 0.717) is 29.5 Å². The number of carbonyl (C=O) groups is 1. The Hall–Kier alpha value is -2.93. The molecule has 7 heteroatoms. The van der Waals surface area contributed by atoms with Crippen molar-refractivity contribution in [2.24, 2.45) is 0 Å². The van der Waals surface area contributed by atoms with Crippen molar-refractivity contribution in [2.75, 3.05) is 13.7 Å². The van der Waals surface area contributed by atoms with E-state index in [1.165, 1.54) is 10.4 Å². The number of piperidine rings is 1. The molecule has 0 radical (unpaired) electrons. The van der Waals surface area contributed by atoms with Gasteiger partial charge in [0.05, 0.1) is 6.04 Å². The molecule has 4 aromatic rings. The minimum Gasteiger partial charge on any atom is -0.407 e. The maximum Gasteiger partial charge on any atom is 0.261 e. The molecule has 3 unspecified atom stereocenters. The summed E-state index contributed by atoms with van der Waals surface area (Å²) in [6, 6.07) is 36.8. The number of nitrogens with zero attached hydrogens (tertiary/aromatic N) is 1. The number of hydrogen-bond acceptors (Lipinski definition) is 3. The lowest BCUT2D eigenvalue weighted by atomic mass is 9.78. The van der Waals surface area contributed by atoms with Gasteiger partial charge in [0.15, 0.2) is 0 Å². The van der Waals surface area contributed by atoms with E-state index in [-0.39, 0.29) is 28.9 Å². The summed E-state index contributed by atoms with van der Waals surface area (Å²) >= 11 is 12.8. The van der Waals surface area contributed by atoms with Crippen LogP contribution in [0.1, 0.15) is 63.6 Å². The van der Waals surface area contributed by atoms with E-state index in [9.17, 15) is 4.79 Å². The lowest BCUT2D eigenvalue weighted by Crippen LogP contribution is -2.66. The highest BCUT2D eigenvalue weighted by Gasteiger charge is 2.50. The molecule has 1 amide bonds. The highest BCUT2D eigenvalue weighted by atomic mass is 35.5. The van der Waals surface area contributed by atoms with Gasteiger partial charge in [-0.1, -0.05) is 129 Å².